The van der Waals surface area contributed by atoms with Gasteiger partial charge in [-0.15, -0.1) is 0 Å². The highest BCUT2D eigenvalue weighted by atomic mass is 16.5. The van der Waals surface area contributed by atoms with Crippen LogP contribution in [0.15, 0.2) is 12.4 Å². The Morgan fingerprint density at radius 2 is 2.25 bits per heavy atom. The first-order valence-electron chi connectivity index (χ1n) is 6.74. The number of hydrogen-bond donors (Lipinski definition) is 1. The highest BCUT2D eigenvalue weighted by Crippen LogP contribution is 2.04. The molecule has 0 unspecified atom stereocenters. The molecule has 2 heterocycles. The third-order valence-corrected chi connectivity index (χ3v) is 3.09. The topological polar surface area (TPSA) is 76.6 Å². The number of anilines is 1. The molecule has 7 heteroatoms. The lowest BCUT2D eigenvalue weighted by Gasteiger charge is -2.26. The van der Waals surface area contributed by atoms with Crippen LogP contribution in [0, 0.1) is 0 Å². The zero-order chi connectivity index (χ0) is 14.2. The van der Waals surface area contributed by atoms with E-state index in [2.05, 4.69) is 24.9 Å². The Morgan fingerprint density at radius 1 is 1.45 bits per heavy atom. The Morgan fingerprint density at radius 3 is 3.00 bits per heavy atom. The molecular weight excluding hydrogens is 260 g/mol. The van der Waals surface area contributed by atoms with Crippen molar-refractivity contribution in [3.05, 3.63) is 18.1 Å². The van der Waals surface area contributed by atoms with Crippen molar-refractivity contribution in [2.45, 2.75) is 6.42 Å². The molecule has 7 nitrogen and oxygen atoms in total. The summed E-state index contributed by atoms with van der Waals surface area (Å²) in [5.41, 5.74) is 0.214. The summed E-state index contributed by atoms with van der Waals surface area (Å²) >= 11 is 0. The van der Waals surface area contributed by atoms with Crippen molar-refractivity contribution in [2.75, 3.05) is 51.8 Å². The van der Waals surface area contributed by atoms with Crippen LogP contribution in [0.4, 0.5) is 5.82 Å². The lowest BCUT2D eigenvalue weighted by atomic mass is 10.3. The van der Waals surface area contributed by atoms with Crippen LogP contribution in [0.25, 0.3) is 0 Å². The Bertz CT molecular complexity index is 435. The van der Waals surface area contributed by atoms with Gasteiger partial charge in [-0.2, -0.15) is 0 Å². The molecule has 0 aromatic carbocycles. The average molecular weight is 280 g/mol. The number of nitrogens with one attached hydrogen (secondary N) is 1. The summed E-state index contributed by atoms with van der Waals surface area (Å²) in [5.74, 6) is 0.115. The molecule has 110 valence electrons. The van der Waals surface area contributed by atoms with Crippen molar-refractivity contribution < 1.29 is 14.3 Å². The van der Waals surface area contributed by atoms with Crippen LogP contribution in [0.1, 0.15) is 16.9 Å². The number of hydrogen-bond acceptors (Lipinski definition) is 7. The second-order valence-electron chi connectivity index (χ2n) is 4.52. The van der Waals surface area contributed by atoms with Gasteiger partial charge in [0.15, 0.2) is 5.69 Å². The summed E-state index contributed by atoms with van der Waals surface area (Å²) in [6.07, 6.45) is 4.00. The van der Waals surface area contributed by atoms with E-state index in [1.54, 1.807) is 6.20 Å². The van der Waals surface area contributed by atoms with E-state index in [0.29, 0.717) is 5.82 Å². The molecule has 1 saturated heterocycles. The fourth-order valence-electron chi connectivity index (χ4n) is 2.00. The predicted octanol–water partition coefficient (Wildman–Crippen LogP) is 0.397. The van der Waals surface area contributed by atoms with Crippen LogP contribution in [0.2, 0.25) is 0 Å². The molecule has 0 aliphatic carbocycles. The highest BCUT2D eigenvalue weighted by molar-refractivity contribution is 5.87. The molecule has 1 aromatic heterocycles. The zero-order valence-electron chi connectivity index (χ0n) is 11.7. The van der Waals surface area contributed by atoms with Crippen molar-refractivity contribution in [3.63, 3.8) is 0 Å². The number of aromatic nitrogens is 2. The Kier molecular flexibility index (Phi) is 5.69. The van der Waals surface area contributed by atoms with E-state index in [4.69, 9.17) is 4.74 Å². The SMILES string of the molecule is COC(=O)c1cncc(NCCCN2CCOCC2)n1. The first-order valence-corrected chi connectivity index (χ1v) is 6.74. The van der Waals surface area contributed by atoms with Crippen LogP contribution in [0.3, 0.4) is 0 Å². The molecule has 0 atom stereocenters. The van der Waals surface area contributed by atoms with Crippen molar-refractivity contribution in [3.8, 4) is 0 Å². The minimum Gasteiger partial charge on any atom is -0.464 e. The van der Waals surface area contributed by atoms with Crippen LogP contribution in [-0.2, 0) is 9.47 Å². The smallest absolute Gasteiger partial charge is 0.358 e. The van der Waals surface area contributed by atoms with E-state index in [1.807, 2.05) is 0 Å². The van der Waals surface area contributed by atoms with Crippen LogP contribution in [-0.4, -0.2) is 67.3 Å². The first-order chi connectivity index (χ1) is 9.79. The van der Waals surface area contributed by atoms with E-state index >= 15 is 0 Å². The molecule has 0 amide bonds. The van der Waals surface area contributed by atoms with Gasteiger partial charge in [0.25, 0.3) is 0 Å². The van der Waals surface area contributed by atoms with E-state index in [0.717, 1.165) is 45.8 Å². The number of nitrogens with zero attached hydrogens (tertiary/aromatic N) is 3. The minimum absolute atomic E-state index is 0.214. The molecule has 1 fully saturated rings. The van der Waals surface area contributed by atoms with Gasteiger partial charge in [-0.3, -0.25) is 9.88 Å². The van der Waals surface area contributed by atoms with E-state index in [-0.39, 0.29) is 5.69 Å². The van der Waals surface area contributed by atoms with Crippen LogP contribution < -0.4 is 5.32 Å². The zero-order valence-corrected chi connectivity index (χ0v) is 11.7. The number of esters is 1. The number of carbonyl (C=O) groups is 1. The maximum absolute atomic E-state index is 11.3. The predicted molar refractivity (Wildman–Crippen MR) is 73.7 cm³/mol. The summed E-state index contributed by atoms with van der Waals surface area (Å²) in [6.45, 7) is 5.45. The summed E-state index contributed by atoms with van der Waals surface area (Å²) in [4.78, 5) is 21.8. The first kappa shape index (κ1) is 14.7. The summed E-state index contributed by atoms with van der Waals surface area (Å²) in [6, 6.07) is 0. The second-order valence-corrected chi connectivity index (χ2v) is 4.52. The summed E-state index contributed by atoms with van der Waals surface area (Å²) in [5, 5.41) is 3.16. The summed E-state index contributed by atoms with van der Waals surface area (Å²) in [7, 11) is 1.33. The van der Waals surface area contributed by atoms with E-state index < -0.39 is 5.97 Å². The Balaban J connectivity index is 1.72. The van der Waals surface area contributed by atoms with Gasteiger partial charge in [0.1, 0.15) is 5.82 Å². The monoisotopic (exact) mass is 280 g/mol. The number of morpholine rings is 1. The Labute approximate surface area is 118 Å². The normalized spacial score (nSPS) is 15.8. The van der Waals surface area contributed by atoms with E-state index in [9.17, 15) is 4.79 Å². The van der Waals surface area contributed by atoms with Crippen LogP contribution in [0.5, 0.6) is 0 Å². The molecule has 0 spiro atoms. The van der Waals surface area contributed by atoms with Gasteiger partial charge in [0.05, 0.1) is 32.7 Å². The van der Waals surface area contributed by atoms with Crippen molar-refractivity contribution in [1.29, 1.82) is 0 Å². The van der Waals surface area contributed by atoms with Crippen molar-refractivity contribution in [1.82, 2.24) is 14.9 Å². The molecule has 1 aliphatic heterocycles. The molecule has 1 aliphatic rings. The summed E-state index contributed by atoms with van der Waals surface area (Å²) < 4.78 is 9.91. The maximum atomic E-state index is 11.3. The number of methoxy groups -OCH3 is 1. The fourth-order valence-corrected chi connectivity index (χ4v) is 2.00. The standard InChI is InChI=1S/C13H20N4O3/c1-19-13(18)11-9-14-10-12(16-11)15-3-2-4-17-5-7-20-8-6-17/h9-10H,2-8H2,1H3,(H,15,16). The molecule has 0 bridgehead atoms. The minimum atomic E-state index is -0.477. The molecule has 0 saturated carbocycles. The molecule has 0 radical (unpaired) electrons. The average Bonchev–Trinajstić information content (AvgIpc) is 2.52. The van der Waals surface area contributed by atoms with Gasteiger partial charge in [-0.05, 0) is 13.0 Å². The molecule has 20 heavy (non-hydrogen) atoms. The highest BCUT2D eigenvalue weighted by Gasteiger charge is 2.10. The third kappa shape index (κ3) is 4.43. The lowest BCUT2D eigenvalue weighted by molar-refractivity contribution is 0.0378. The van der Waals surface area contributed by atoms with Gasteiger partial charge < -0.3 is 14.8 Å². The second kappa shape index (κ2) is 7.76. The largest absolute Gasteiger partial charge is 0.464 e. The van der Waals surface area contributed by atoms with Gasteiger partial charge in [0, 0.05) is 19.6 Å². The quantitative estimate of drug-likeness (QED) is 0.597. The Hall–Kier alpha value is -1.73. The van der Waals surface area contributed by atoms with Gasteiger partial charge in [-0.25, -0.2) is 9.78 Å². The molecule has 2 rings (SSSR count). The van der Waals surface area contributed by atoms with Gasteiger partial charge >= 0.3 is 5.97 Å². The van der Waals surface area contributed by atoms with Gasteiger partial charge in [0.2, 0.25) is 0 Å². The van der Waals surface area contributed by atoms with Crippen LogP contribution >= 0.6 is 0 Å². The van der Waals surface area contributed by atoms with Gasteiger partial charge in [-0.1, -0.05) is 0 Å². The third-order valence-electron chi connectivity index (χ3n) is 3.09. The fraction of sp³-hybridized carbons (Fsp3) is 0.615. The maximum Gasteiger partial charge on any atom is 0.358 e. The lowest BCUT2D eigenvalue weighted by Crippen LogP contribution is -2.37. The van der Waals surface area contributed by atoms with Crippen molar-refractivity contribution >= 4 is 11.8 Å². The number of carbonyl (C=O) groups excluding carboxylic acids is 1. The van der Waals surface area contributed by atoms with Crippen molar-refractivity contribution in [2.24, 2.45) is 0 Å². The molecular formula is C13H20N4O3. The molecule has 1 aromatic rings. The number of ether oxygens (including phenoxy) is 2. The van der Waals surface area contributed by atoms with E-state index in [1.165, 1.54) is 13.3 Å². The molecule has 1 N–H and O–H groups in total. The number of rotatable bonds is 6.